The predicted molar refractivity (Wildman–Crippen MR) is 130 cm³/mol. The number of nitrogens with zero attached hydrogens (tertiary/aromatic N) is 4. The molecule has 4 rings (SSSR count). The second kappa shape index (κ2) is 12.1. The lowest BCUT2D eigenvalue weighted by atomic mass is 9.97. The van der Waals surface area contributed by atoms with Gasteiger partial charge in [0, 0.05) is 70.6 Å². The van der Waals surface area contributed by atoms with E-state index in [0.29, 0.717) is 24.3 Å². The molecule has 1 aromatic rings. The van der Waals surface area contributed by atoms with Crippen LogP contribution in [0.3, 0.4) is 0 Å². The first-order chi connectivity index (χ1) is 14.7. The van der Waals surface area contributed by atoms with Crippen molar-refractivity contribution in [3.05, 3.63) is 24.1 Å². The molecule has 3 fully saturated rings. The van der Waals surface area contributed by atoms with E-state index >= 15 is 0 Å². The number of hydrogen-bond donors (Lipinski definition) is 2. The van der Waals surface area contributed by atoms with E-state index in [4.69, 9.17) is 9.47 Å². The molecule has 3 saturated heterocycles. The molecule has 1 aromatic heterocycles. The number of ether oxygens (including phenoxy) is 2. The summed E-state index contributed by atoms with van der Waals surface area (Å²) in [6.45, 7) is 7.47. The molecular formula is C21H34FIN6O2. The zero-order valence-corrected chi connectivity index (χ0v) is 20.5. The fourth-order valence-electron chi connectivity index (χ4n) is 4.63. The van der Waals surface area contributed by atoms with Crippen LogP contribution in [0, 0.1) is 11.7 Å². The second-order valence-electron chi connectivity index (χ2n) is 8.18. The molecule has 0 spiro atoms. The molecule has 0 radical (unpaired) electrons. The molecule has 3 unspecified atom stereocenters. The van der Waals surface area contributed by atoms with Gasteiger partial charge in [-0.25, -0.2) is 9.37 Å². The van der Waals surface area contributed by atoms with Gasteiger partial charge in [-0.1, -0.05) is 0 Å². The highest BCUT2D eigenvalue weighted by Crippen LogP contribution is 2.22. The van der Waals surface area contributed by atoms with Crippen molar-refractivity contribution in [2.45, 2.75) is 24.9 Å². The smallest absolute Gasteiger partial charge is 0.191 e. The highest BCUT2D eigenvalue weighted by Gasteiger charge is 2.32. The minimum Gasteiger partial charge on any atom is -0.381 e. The molecule has 174 valence electrons. The maximum absolute atomic E-state index is 14.0. The summed E-state index contributed by atoms with van der Waals surface area (Å²) in [6, 6.07) is 3.69. The molecule has 0 bridgehead atoms. The van der Waals surface area contributed by atoms with Gasteiger partial charge in [-0.05, 0) is 25.0 Å². The van der Waals surface area contributed by atoms with Crippen molar-refractivity contribution in [3.8, 4) is 0 Å². The maximum Gasteiger partial charge on any atom is 0.191 e. The summed E-state index contributed by atoms with van der Waals surface area (Å²) in [6.07, 6.45) is 3.65. The quantitative estimate of drug-likeness (QED) is 0.316. The third-order valence-corrected chi connectivity index (χ3v) is 6.29. The third kappa shape index (κ3) is 6.39. The SMILES string of the molecule is CN=C(NCC(C1CCOC1)N1CCOCC1)NC1CCN(c2ncccc2F)C1.I. The largest absolute Gasteiger partial charge is 0.381 e. The molecule has 0 amide bonds. The van der Waals surface area contributed by atoms with Gasteiger partial charge in [-0.15, -0.1) is 24.0 Å². The van der Waals surface area contributed by atoms with Crippen LogP contribution in [0.4, 0.5) is 10.2 Å². The Hall–Kier alpha value is -1.24. The summed E-state index contributed by atoms with van der Waals surface area (Å²) >= 11 is 0. The summed E-state index contributed by atoms with van der Waals surface area (Å²) in [4.78, 5) is 13.1. The molecule has 0 saturated carbocycles. The number of rotatable bonds is 6. The summed E-state index contributed by atoms with van der Waals surface area (Å²) in [5.41, 5.74) is 0. The fourth-order valence-corrected chi connectivity index (χ4v) is 4.63. The van der Waals surface area contributed by atoms with Crippen molar-refractivity contribution < 1.29 is 13.9 Å². The van der Waals surface area contributed by atoms with Gasteiger partial charge in [-0.2, -0.15) is 0 Å². The van der Waals surface area contributed by atoms with Crippen LogP contribution < -0.4 is 15.5 Å². The Morgan fingerprint density at radius 3 is 2.81 bits per heavy atom. The Kier molecular flexibility index (Phi) is 9.54. The highest BCUT2D eigenvalue weighted by molar-refractivity contribution is 14.0. The first kappa shape index (κ1) is 24.4. The molecule has 31 heavy (non-hydrogen) atoms. The van der Waals surface area contributed by atoms with Crippen molar-refractivity contribution in [3.63, 3.8) is 0 Å². The Balaban J connectivity index is 0.00000272. The van der Waals surface area contributed by atoms with Crippen LogP contribution in [0.15, 0.2) is 23.3 Å². The number of aliphatic imine (C=N–C) groups is 1. The normalized spacial score (nSPS) is 25.9. The van der Waals surface area contributed by atoms with Crippen LogP contribution in [0.1, 0.15) is 12.8 Å². The molecule has 0 aromatic carbocycles. The molecule has 3 atom stereocenters. The van der Waals surface area contributed by atoms with Crippen LogP contribution in [-0.2, 0) is 9.47 Å². The van der Waals surface area contributed by atoms with Gasteiger partial charge in [0.15, 0.2) is 17.6 Å². The van der Waals surface area contributed by atoms with Crippen molar-refractivity contribution in [2.24, 2.45) is 10.9 Å². The first-order valence-corrected chi connectivity index (χ1v) is 11.0. The number of anilines is 1. The lowest BCUT2D eigenvalue weighted by Crippen LogP contribution is -2.54. The number of halogens is 2. The van der Waals surface area contributed by atoms with Gasteiger partial charge >= 0.3 is 0 Å². The van der Waals surface area contributed by atoms with E-state index in [0.717, 1.165) is 71.4 Å². The average Bonchev–Trinajstić information content (AvgIpc) is 3.47. The number of guanidine groups is 1. The van der Waals surface area contributed by atoms with E-state index in [9.17, 15) is 4.39 Å². The molecule has 10 heteroatoms. The van der Waals surface area contributed by atoms with Crippen molar-refractivity contribution >= 4 is 35.8 Å². The first-order valence-electron chi connectivity index (χ1n) is 11.0. The monoisotopic (exact) mass is 548 g/mol. The maximum atomic E-state index is 14.0. The van der Waals surface area contributed by atoms with Gasteiger partial charge in [0.2, 0.25) is 0 Å². The lowest BCUT2D eigenvalue weighted by molar-refractivity contribution is 0.00246. The van der Waals surface area contributed by atoms with Gasteiger partial charge < -0.3 is 25.0 Å². The van der Waals surface area contributed by atoms with Gasteiger partial charge in [-0.3, -0.25) is 9.89 Å². The summed E-state index contributed by atoms with van der Waals surface area (Å²) < 4.78 is 25.2. The average molecular weight is 548 g/mol. The van der Waals surface area contributed by atoms with Crippen LogP contribution in [0.25, 0.3) is 0 Å². The van der Waals surface area contributed by atoms with E-state index in [1.807, 2.05) is 4.90 Å². The zero-order chi connectivity index (χ0) is 20.8. The molecule has 2 N–H and O–H groups in total. The Bertz CT molecular complexity index is 715. The minimum atomic E-state index is -0.271. The van der Waals surface area contributed by atoms with E-state index in [1.165, 1.54) is 6.07 Å². The van der Waals surface area contributed by atoms with Crippen LogP contribution >= 0.6 is 24.0 Å². The van der Waals surface area contributed by atoms with Crippen molar-refractivity contribution in [2.75, 3.05) is 71.1 Å². The van der Waals surface area contributed by atoms with Gasteiger partial charge in [0.05, 0.1) is 19.8 Å². The number of morpholine rings is 1. The fraction of sp³-hybridized carbons (Fsp3) is 0.714. The second-order valence-corrected chi connectivity index (χ2v) is 8.18. The zero-order valence-electron chi connectivity index (χ0n) is 18.1. The Morgan fingerprint density at radius 1 is 1.26 bits per heavy atom. The third-order valence-electron chi connectivity index (χ3n) is 6.29. The summed E-state index contributed by atoms with van der Waals surface area (Å²) in [7, 11) is 1.79. The van der Waals surface area contributed by atoms with Gasteiger partial charge in [0.1, 0.15) is 0 Å². The summed E-state index contributed by atoms with van der Waals surface area (Å²) in [5.74, 6) is 1.48. The standard InChI is InChI=1S/C21H33FN6O2.HI/c1-23-21(26-17-4-7-28(14-17)20-18(22)3-2-6-24-20)25-13-19(16-5-10-30-15-16)27-8-11-29-12-9-27;/h2-3,6,16-17,19H,4-5,7-15H2,1H3,(H2,23,25,26);1H. The number of hydrogen-bond acceptors (Lipinski definition) is 6. The molecule has 3 aliphatic heterocycles. The van der Waals surface area contributed by atoms with E-state index in [2.05, 4.69) is 25.5 Å². The molecular weight excluding hydrogens is 514 g/mol. The van der Waals surface area contributed by atoms with Crippen molar-refractivity contribution in [1.82, 2.24) is 20.5 Å². The number of nitrogens with one attached hydrogen (secondary N) is 2. The minimum absolute atomic E-state index is 0. The molecule has 3 aliphatic rings. The molecule has 8 nitrogen and oxygen atoms in total. The van der Waals surface area contributed by atoms with E-state index in [1.54, 1.807) is 19.3 Å². The van der Waals surface area contributed by atoms with E-state index < -0.39 is 0 Å². The van der Waals surface area contributed by atoms with Crippen molar-refractivity contribution in [1.29, 1.82) is 0 Å². The Labute approximate surface area is 201 Å². The number of aromatic nitrogens is 1. The molecule has 4 heterocycles. The lowest BCUT2D eigenvalue weighted by Gasteiger charge is -2.37. The highest BCUT2D eigenvalue weighted by atomic mass is 127. The molecule has 0 aliphatic carbocycles. The van der Waals surface area contributed by atoms with Crippen LogP contribution in [-0.4, -0.2) is 94.1 Å². The van der Waals surface area contributed by atoms with Crippen LogP contribution in [0.5, 0.6) is 0 Å². The predicted octanol–water partition coefficient (Wildman–Crippen LogP) is 1.32. The van der Waals surface area contributed by atoms with Crippen LogP contribution in [0.2, 0.25) is 0 Å². The summed E-state index contributed by atoms with van der Waals surface area (Å²) in [5, 5.41) is 7.04. The topological polar surface area (TPSA) is 74.2 Å². The number of pyridine rings is 1. The van der Waals surface area contributed by atoms with Gasteiger partial charge in [0.25, 0.3) is 0 Å². The van der Waals surface area contributed by atoms with E-state index in [-0.39, 0.29) is 35.8 Å². The Morgan fingerprint density at radius 2 is 2.10 bits per heavy atom.